The van der Waals surface area contributed by atoms with Gasteiger partial charge in [-0.15, -0.1) is 11.3 Å². The molecule has 1 N–H and O–H groups in total. The summed E-state index contributed by atoms with van der Waals surface area (Å²) in [5.74, 6) is -0.720. The first-order chi connectivity index (χ1) is 16.4. The summed E-state index contributed by atoms with van der Waals surface area (Å²) in [5, 5.41) is 10.4. The molecule has 5 rings (SSSR count). The number of thiazole rings is 1. The first kappa shape index (κ1) is 22.2. The van der Waals surface area contributed by atoms with Gasteiger partial charge < -0.3 is 10.2 Å². The molecule has 4 aromatic rings. The molecule has 0 bridgehead atoms. The molecule has 1 fully saturated rings. The molecule has 0 spiro atoms. The van der Waals surface area contributed by atoms with Gasteiger partial charge in [-0.05, 0) is 55.5 Å². The second-order valence-corrected chi connectivity index (χ2v) is 9.25. The van der Waals surface area contributed by atoms with Crippen LogP contribution in [-0.2, 0) is 9.59 Å². The zero-order chi connectivity index (χ0) is 23.8. The predicted octanol–water partition coefficient (Wildman–Crippen LogP) is 5.09. The van der Waals surface area contributed by atoms with E-state index in [2.05, 4.69) is 15.4 Å². The first-order valence-corrected chi connectivity index (χ1v) is 11.8. The van der Waals surface area contributed by atoms with Crippen LogP contribution in [0.2, 0.25) is 5.02 Å². The monoisotopic (exact) mass is 495 g/mol. The largest absolute Gasteiger partial charge is 0.312 e. The van der Waals surface area contributed by atoms with Gasteiger partial charge in [0.05, 0.1) is 17.3 Å². The molecule has 1 atom stereocenters. The molecule has 1 saturated heterocycles. The predicted molar refractivity (Wildman–Crippen MR) is 130 cm³/mol. The molecule has 10 heteroatoms. The summed E-state index contributed by atoms with van der Waals surface area (Å²) in [6, 6.07) is 14.8. The lowest BCUT2D eigenvalue weighted by Gasteiger charge is -2.16. The van der Waals surface area contributed by atoms with E-state index in [9.17, 15) is 14.0 Å². The number of anilines is 2. The molecule has 1 aliphatic rings. The quantitative estimate of drug-likeness (QED) is 0.418. The van der Waals surface area contributed by atoms with Crippen molar-refractivity contribution < 1.29 is 14.0 Å². The maximum Gasteiger partial charge on any atom is 0.230 e. The van der Waals surface area contributed by atoms with Crippen LogP contribution in [0.25, 0.3) is 16.4 Å². The van der Waals surface area contributed by atoms with Crippen LogP contribution < -0.4 is 10.2 Å². The van der Waals surface area contributed by atoms with Crippen LogP contribution >= 0.6 is 22.9 Å². The number of hydrogen-bond donors (Lipinski definition) is 1. The smallest absolute Gasteiger partial charge is 0.230 e. The van der Waals surface area contributed by atoms with Gasteiger partial charge in [0, 0.05) is 40.7 Å². The van der Waals surface area contributed by atoms with Crippen LogP contribution in [0.3, 0.4) is 0 Å². The zero-order valence-electron chi connectivity index (χ0n) is 18.0. The van der Waals surface area contributed by atoms with E-state index in [-0.39, 0.29) is 30.6 Å². The highest BCUT2D eigenvalue weighted by Crippen LogP contribution is 2.29. The number of aromatic nitrogens is 3. The van der Waals surface area contributed by atoms with E-state index in [4.69, 9.17) is 11.6 Å². The van der Waals surface area contributed by atoms with Crippen molar-refractivity contribution in [3.63, 3.8) is 0 Å². The van der Waals surface area contributed by atoms with Gasteiger partial charge in [-0.2, -0.15) is 9.78 Å². The van der Waals surface area contributed by atoms with Gasteiger partial charge in [-0.1, -0.05) is 11.6 Å². The van der Waals surface area contributed by atoms with Crippen molar-refractivity contribution in [3.8, 4) is 16.4 Å². The fourth-order valence-corrected chi connectivity index (χ4v) is 4.75. The summed E-state index contributed by atoms with van der Waals surface area (Å²) in [6.45, 7) is 2.10. The molecule has 0 saturated carbocycles. The van der Waals surface area contributed by atoms with E-state index in [0.29, 0.717) is 33.0 Å². The zero-order valence-corrected chi connectivity index (χ0v) is 19.6. The Labute approximate surface area is 203 Å². The van der Waals surface area contributed by atoms with Crippen molar-refractivity contribution in [3.05, 3.63) is 76.5 Å². The molecule has 7 nitrogen and oxygen atoms in total. The Morgan fingerprint density at radius 2 is 1.91 bits per heavy atom. The number of aryl methyl sites for hydroxylation is 1. The van der Waals surface area contributed by atoms with Gasteiger partial charge >= 0.3 is 0 Å². The molecule has 2 amide bonds. The highest BCUT2D eigenvalue weighted by molar-refractivity contribution is 7.12. The summed E-state index contributed by atoms with van der Waals surface area (Å²) in [5.41, 5.74) is 2.89. The molecule has 0 radical (unpaired) electrons. The van der Waals surface area contributed by atoms with Crippen LogP contribution in [-0.4, -0.2) is 33.1 Å². The van der Waals surface area contributed by atoms with Crippen LogP contribution in [0, 0.1) is 18.7 Å². The van der Waals surface area contributed by atoms with Gasteiger partial charge in [0.1, 0.15) is 11.6 Å². The standard InChI is InChI=1S/C24H19ClFN5O2S/c1-14-10-21(31(29-14)24-27-20(13-34-24)15-2-6-18(26)7-3-15)28-23(33)16-11-22(32)30(12-16)19-8-4-17(25)5-9-19/h2-10,13,16H,11-12H2,1H3,(H,28,33). The minimum atomic E-state index is -0.502. The number of nitrogens with one attached hydrogen (secondary N) is 1. The lowest BCUT2D eigenvalue weighted by Crippen LogP contribution is -2.28. The molecule has 0 aliphatic carbocycles. The Kier molecular flexibility index (Phi) is 5.89. The number of carbonyl (C=O) groups excluding carboxylic acids is 2. The number of nitrogens with zero attached hydrogens (tertiary/aromatic N) is 4. The van der Waals surface area contributed by atoms with Crippen LogP contribution in [0.15, 0.2) is 60.0 Å². The van der Waals surface area contributed by atoms with Crippen molar-refractivity contribution >= 4 is 46.3 Å². The number of amides is 2. The minimum Gasteiger partial charge on any atom is -0.312 e. The van der Waals surface area contributed by atoms with E-state index in [1.165, 1.54) is 23.5 Å². The number of benzene rings is 2. The molecule has 3 heterocycles. The third kappa shape index (κ3) is 4.44. The lowest BCUT2D eigenvalue weighted by molar-refractivity contribution is -0.122. The summed E-state index contributed by atoms with van der Waals surface area (Å²) < 4.78 is 14.8. The van der Waals surface area contributed by atoms with Gasteiger partial charge in [-0.25, -0.2) is 9.37 Å². The van der Waals surface area contributed by atoms with E-state index >= 15 is 0 Å². The van der Waals surface area contributed by atoms with E-state index in [0.717, 1.165) is 5.56 Å². The van der Waals surface area contributed by atoms with Crippen LogP contribution in [0.4, 0.5) is 15.9 Å². The average molecular weight is 496 g/mol. The minimum absolute atomic E-state index is 0.115. The van der Waals surface area contributed by atoms with Crippen LogP contribution in [0.1, 0.15) is 12.1 Å². The third-order valence-corrected chi connectivity index (χ3v) is 6.60. The molecular weight excluding hydrogens is 477 g/mol. The topological polar surface area (TPSA) is 80.1 Å². The average Bonchev–Trinajstić information content (AvgIpc) is 3.53. The molecule has 34 heavy (non-hydrogen) atoms. The molecule has 2 aromatic heterocycles. The van der Waals surface area contributed by atoms with Crippen molar-refractivity contribution in [1.29, 1.82) is 0 Å². The van der Waals surface area contributed by atoms with Gasteiger partial charge in [0.2, 0.25) is 16.9 Å². The van der Waals surface area contributed by atoms with Crippen molar-refractivity contribution in [2.24, 2.45) is 5.92 Å². The van der Waals surface area contributed by atoms with Crippen LogP contribution in [0.5, 0.6) is 0 Å². The van der Waals surface area contributed by atoms with E-state index < -0.39 is 5.92 Å². The normalized spacial score (nSPS) is 15.7. The Morgan fingerprint density at radius 3 is 2.65 bits per heavy atom. The Morgan fingerprint density at radius 1 is 1.18 bits per heavy atom. The number of halogens is 2. The fourth-order valence-electron chi connectivity index (χ4n) is 3.83. The summed E-state index contributed by atoms with van der Waals surface area (Å²) >= 11 is 7.30. The highest BCUT2D eigenvalue weighted by Gasteiger charge is 2.35. The van der Waals surface area contributed by atoms with E-state index in [1.807, 2.05) is 12.3 Å². The maximum absolute atomic E-state index is 13.2. The third-order valence-electron chi connectivity index (χ3n) is 5.53. The Hall–Kier alpha value is -3.56. The van der Waals surface area contributed by atoms with Crippen molar-refractivity contribution in [1.82, 2.24) is 14.8 Å². The summed E-state index contributed by atoms with van der Waals surface area (Å²) in [6.07, 6.45) is 0.119. The lowest BCUT2D eigenvalue weighted by atomic mass is 10.1. The SMILES string of the molecule is Cc1cc(NC(=O)C2CC(=O)N(c3ccc(Cl)cc3)C2)n(-c2nc(-c3ccc(F)cc3)cs2)n1. The summed E-state index contributed by atoms with van der Waals surface area (Å²) in [7, 11) is 0. The molecule has 2 aromatic carbocycles. The maximum atomic E-state index is 13.2. The highest BCUT2D eigenvalue weighted by atomic mass is 35.5. The molecule has 1 aliphatic heterocycles. The second-order valence-electron chi connectivity index (χ2n) is 7.98. The number of hydrogen-bond acceptors (Lipinski definition) is 5. The number of carbonyl (C=O) groups is 2. The Bertz CT molecular complexity index is 1370. The molecule has 172 valence electrons. The van der Waals surface area contributed by atoms with E-state index in [1.54, 1.807) is 52.0 Å². The first-order valence-electron chi connectivity index (χ1n) is 10.5. The summed E-state index contributed by atoms with van der Waals surface area (Å²) in [4.78, 5) is 31.8. The molecule has 1 unspecified atom stereocenters. The second kappa shape index (κ2) is 9.00. The molecular formula is C24H19ClFN5O2S. The fraction of sp³-hybridized carbons (Fsp3) is 0.167. The van der Waals surface area contributed by atoms with Crippen molar-refractivity contribution in [2.45, 2.75) is 13.3 Å². The van der Waals surface area contributed by atoms with Gasteiger partial charge in [0.15, 0.2) is 0 Å². The van der Waals surface area contributed by atoms with Gasteiger partial charge in [-0.3, -0.25) is 9.59 Å². The number of rotatable bonds is 5. The Balaban J connectivity index is 1.33. The van der Waals surface area contributed by atoms with Gasteiger partial charge in [0.25, 0.3) is 0 Å². The van der Waals surface area contributed by atoms with Crippen molar-refractivity contribution in [2.75, 3.05) is 16.8 Å².